The van der Waals surface area contributed by atoms with Crippen LogP contribution in [0.15, 0.2) is 24.3 Å². The van der Waals surface area contributed by atoms with Crippen molar-refractivity contribution in [3.8, 4) is 5.75 Å². The van der Waals surface area contributed by atoms with Crippen LogP contribution in [0.2, 0.25) is 0 Å². The number of carbonyl (C=O) groups is 1. The second kappa shape index (κ2) is 6.54. The smallest absolute Gasteiger partial charge is 0.223 e. The first kappa shape index (κ1) is 16.4. The molecule has 1 atom stereocenters. The summed E-state index contributed by atoms with van der Waals surface area (Å²) in [7, 11) is 0. The van der Waals surface area contributed by atoms with Crippen molar-refractivity contribution in [3.63, 3.8) is 0 Å². The summed E-state index contributed by atoms with van der Waals surface area (Å²) in [6, 6.07) is 8.16. The molecule has 1 aliphatic heterocycles. The number of carbonyl (C=O) groups excluding carboxylic acids is 1. The number of para-hydroxylation sites is 1. The van der Waals surface area contributed by atoms with Gasteiger partial charge in [0.1, 0.15) is 5.75 Å². The predicted molar refractivity (Wildman–Crippen MR) is 92.3 cm³/mol. The summed E-state index contributed by atoms with van der Waals surface area (Å²) in [4.78, 5) is 12.7. The zero-order chi connectivity index (χ0) is 16.4. The molecule has 1 amide bonds. The molecule has 1 saturated carbocycles. The van der Waals surface area contributed by atoms with Crippen LogP contribution in [-0.2, 0) is 4.79 Å². The molecule has 23 heavy (non-hydrogen) atoms. The summed E-state index contributed by atoms with van der Waals surface area (Å²) in [5.41, 5.74) is 1.48. The van der Waals surface area contributed by atoms with E-state index in [1.165, 1.54) is 12.8 Å². The molecule has 1 aromatic rings. The minimum atomic E-state index is 0.104. The highest BCUT2D eigenvalue weighted by Crippen LogP contribution is 2.40. The van der Waals surface area contributed by atoms with E-state index in [0.29, 0.717) is 12.0 Å². The van der Waals surface area contributed by atoms with E-state index in [2.05, 4.69) is 32.2 Å². The van der Waals surface area contributed by atoms with E-state index < -0.39 is 0 Å². The van der Waals surface area contributed by atoms with Gasteiger partial charge in [0.25, 0.3) is 0 Å². The van der Waals surface area contributed by atoms with Crippen molar-refractivity contribution in [2.75, 3.05) is 6.61 Å². The maximum Gasteiger partial charge on any atom is 0.223 e. The molecule has 1 heterocycles. The van der Waals surface area contributed by atoms with Crippen molar-refractivity contribution in [2.45, 2.75) is 58.9 Å². The normalized spacial score (nSPS) is 27.7. The molecule has 1 aromatic carbocycles. The van der Waals surface area contributed by atoms with Crippen LogP contribution in [0.4, 0.5) is 0 Å². The first-order valence-electron chi connectivity index (χ1n) is 8.97. The average Bonchev–Trinajstić information content (AvgIpc) is 2.54. The lowest BCUT2D eigenvalue weighted by molar-refractivity contribution is -0.127. The van der Waals surface area contributed by atoms with Crippen molar-refractivity contribution < 1.29 is 9.53 Å². The van der Waals surface area contributed by atoms with Crippen molar-refractivity contribution in [3.05, 3.63) is 29.8 Å². The fourth-order valence-corrected chi connectivity index (χ4v) is 4.00. The molecule has 1 aliphatic carbocycles. The van der Waals surface area contributed by atoms with Gasteiger partial charge in [-0.3, -0.25) is 4.79 Å². The molecule has 3 rings (SSSR count). The maximum absolute atomic E-state index is 12.7. The van der Waals surface area contributed by atoms with Crippen LogP contribution in [0.25, 0.3) is 0 Å². The van der Waals surface area contributed by atoms with Crippen molar-refractivity contribution in [2.24, 2.45) is 17.3 Å². The lowest BCUT2D eigenvalue weighted by Gasteiger charge is -2.37. The lowest BCUT2D eigenvalue weighted by Crippen LogP contribution is -2.38. The number of ether oxygens (including phenoxy) is 1. The van der Waals surface area contributed by atoms with Crippen LogP contribution in [0.3, 0.4) is 0 Å². The second-order valence-corrected chi connectivity index (χ2v) is 8.15. The molecule has 0 unspecified atom stereocenters. The van der Waals surface area contributed by atoms with Gasteiger partial charge in [-0.2, -0.15) is 0 Å². The first-order valence-corrected chi connectivity index (χ1v) is 8.97. The Balaban J connectivity index is 1.59. The molecular weight excluding hydrogens is 286 g/mol. The Morgan fingerprint density at radius 2 is 1.78 bits per heavy atom. The van der Waals surface area contributed by atoms with E-state index >= 15 is 0 Å². The highest BCUT2D eigenvalue weighted by Gasteiger charge is 2.33. The van der Waals surface area contributed by atoms with Gasteiger partial charge in [-0.1, -0.05) is 39.0 Å². The van der Waals surface area contributed by atoms with Gasteiger partial charge in [0.05, 0.1) is 12.6 Å². The number of fused-ring (bicyclic) bond motifs is 1. The van der Waals surface area contributed by atoms with Crippen LogP contribution in [0.5, 0.6) is 5.75 Å². The maximum atomic E-state index is 12.7. The van der Waals surface area contributed by atoms with Crippen molar-refractivity contribution in [1.29, 1.82) is 0 Å². The summed E-state index contributed by atoms with van der Waals surface area (Å²) >= 11 is 0. The van der Waals surface area contributed by atoms with E-state index in [0.717, 1.165) is 36.5 Å². The number of nitrogens with one attached hydrogen (secondary N) is 1. The first-order chi connectivity index (χ1) is 10.9. The van der Waals surface area contributed by atoms with Crippen LogP contribution in [-0.4, -0.2) is 12.5 Å². The third-order valence-corrected chi connectivity index (χ3v) is 5.60. The van der Waals surface area contributed by atoms with Gasteiger partial charge in [0.2, 0.25) is 5.91 Å². The monoisotopic (exact) mass is 315 g/mol. The van der Waals surface area contributed by atoms with E-state index in [9.17, 15) is 4.79 Å². The quantitative estimate of drug-likeness (QED) is 0.874. The number of amides is 1. The summed E-state index contributed by atoms with van der Waals surface area (Å²) in [6.45, 7) is 7.63. The number of hydrogen-bond acceptors (Lipinski definition) is 2. The van der Waals surface area contributed by atoms with Crippen LogP contribution in [0.1, 0.15) is 64.5 Å². The molecule has 1 N–H and O–H groups in total. The third-order valence-electron chi connectivity index (χ3n) is 5.60. The van der Waals surface area contributed by atoms with Crippen molar-refractivity contribution in [1.82, 2.24) is 5.32 Å². The molecule has 0 bridgehead atoms. The van der Waals surface area contributed by atoms with Crippen LogP contribution < -0.4 is 10.1 Å². The molecule has 0 aromatic heterocycles. The van der Waals surface area contributed by atoms with Gasteiger partial charge in [-0.05, 0) is 43.1 Å². The topological polar surface area (TPSA) is 38.3 Å². The largest absolute Gasteiger partial charge is 0.493 e. The van der Waals surface area contributed by atoms with Gasteiger partial charge in [-0.15, -0.1) is 0 Å². The van der Waals surface area contributed by atoms with E-state index in [4.69, 9.17) is 4.74 Å². The Bertz CT molecular complexity index is 553. The van der Waals surface area contributed by atoms with E-state index in [-0.39, 0.29) is 17.9 Å². The standard InChI is InChI=1S/C20H29NO2/c1-20(2,3)15-10-8-14(9-11-15)19(22)21-17-12-13-23-18-7-5-4-6-16(17)18/h4-7,14-15,17H,8-13H2,1-3H3,(H,21,22)/t14?,15?,17-/m0/s1. The fourth-order valence-electron chi connectivity index (χ4n) is 4.00. The second-order valence-electron chi connectivity index (χ2n) is 8.15. The molecular formula is C20H29NO2. The minimum Gasteiger partial charge on any atom is -0.493 e. The highest BCUT2D eigenvalue weighted by molar-refractivity contribution is 5.79. The van der Waals surface area contributed by atoms with E-state index in [1.807, 2.05) is 18.2 Å². The molecule has 2 aliphatic rings. The van der Waals surface area contributed by atoms with Crippen LogP contribution in [0, 0.1) is 17.3 Å². The Morgan fingerprint density at radius 3 is 2.48 bits per heavy atom. The number of hydrogen-bond donors (Lipinski definition) is 1. The summed E-state index contributed by atoms with van der Waals surface area (Å²) in [5.74, 6) is 2.08. The molecule has 3 nitrogen and oxygen atoms in total. The summed E-state index contributed by atoms with van der Waals surface area (Å²) in [5, 5.41) is 3.28. The molecule has 0 spiro atoms. The number of benzene rings is 1. The van der Waals surface area contributed by atoms with Gasteiger partial charge in [-0.25, -0.2) is 0 Å². The SMILES string of the molecule is CC(C)(C)C1CCC(C(=O)N[C@H]2CCOc3ccccc32)CC1. The Morgan fingerprint density at radius 1 is 1.09 bits per heavy atom. The summed E-state index contributed by atoms with van der Waals surface area (Å²) in [6.07, 6.45) is 5.26. The molecule has 0 saturated heterocycles. The van der Waals surface area contributed by atoms with Crippen molar-refractivity contribution >= 4 is 5.91 Å². The lowest BCUT2D eigenvalue weighted by atomic mass is 9.69. The van der Waals surface area contributed by atoms with Gasteiger partial charge in [0.15, 0.2) is 0 Å². The van der Waals surface area contributed by atoms with Gasteiger partial charge >= 0.3 is 0 Å². The summed E-state index contributed by atoms with van der Waals surface area (Å²) < 4.78 is 5.68. The highest BCUT2D eigenvalue weighted by atomic mass is 16.5. The zero-order valence-corrected chi connectivity index (χ0v) is 14.6. The van der Waals surface area contributed by atoms with Gasteiger partial charge in [0, 0.05) is 17.9 Å². The average molecular weight is 315 g/mol. The van der Waals surface area contributed by atoms with E-state index in [1.54, 1.807) is 0 Å². The Hall–Kier alpha value is -1.51. The Kier molecular flexibility index (Phi) is 4.65. The fraction of sp³-hybridized carbons (Fsp3) is 0.650. The zero-order valence-electron chi connectivity index (χ0n) is 14.6. The minimum absolute atomic E-state index is 0.104. The third kappa shape index (κ3) is 3.70. The molecule has 0 radical (unpaired) electrons. The molecule has 3 heteroatoms. The van der Waals surface area contributed by atoms with Crippen LogP contribution >= 0.6 is 0 Å². The number of rotatable bonds is 2. The Labute approximate surface area is 139 Å². The molecule has 1 fully saturated rings. The predicted octanol–water partition coefficient (Wildman–Crippen LogP) is 4.48. The molecule has 126 valence electrons. The van der Waals surface area contributed by atoms with Gasteiger partial charge < -0.3 is 10.1 Å².